The number of methoxy groups -OCH3 is 1. The van der Waals surface area contributed by atoms with Crippen LogP contribution in [0.3, 0.4) is 0 Å². The number of carboxylic acid groups (broad SMARTS) is 1. The summed E-state index contributed by atoms with van der Waals surface area (Å²) in [5, 5.41) is 8.80. The Labute approximate surface area is 76.0 Å². The van der Waals surface area contributed by atoms with E-state index in [0.717, 1.165) is 16.9 Å². The quantitative estimate of drug-likeness (QED) is 0.745. The number of hydrogen-bond donors (Lipinski definition) is 1. The molecule has 13 heavy (non-hydrogen) atoms. The number of carbonyl (C=O) groups is 1. The smallest absolute Gasteiger partial charge is 0.311 e. The Hall–Kier alpha value is -1.51. The number of benzene rings is 1. The van der Waals surface area contributed by atoms with Crippen molar-refractivity contribution in [2.75, 3.05) is 7.11 Å². The first-order valence-electron chi connectivity index (χ1n) is 4.12. The van der Waals surface area contributed by atoms with Gasteiger partial charge in [-0.2, -0.15) is 0 Å². The average Bonchev–Trinajstić information content (AvgIpc) is 2.05. The molecule has 0 aliphatic heterocycles. The normalized spacial score (nSPS) is 18.7. The maximum Gasteiger partial charge on any atom is 0.311 e. The highest BCUT2D eigenvalue weighted by Crippen LogP contribution is 2.40. The van der Waals surface area contributed by atoms with Crippen molar-refractivity contribution in [3.05, 3.63) is 29.3 Å². The van der Waals surface area contributed by atoms with Crippen LogP contribution < -0.4 is 4.74 Å². The maximum absolute atomic E-state index is 10.7. The van der Waals surface area contributed by atoms with Gasteiger partial charge in [0, 0.05) is 0 Å². The Morgan fingerprint density at radius 3 is 3.00 bits per heavy atom. The van der Waals surface area contributed by atoms with Crippen LogP contribution in [0.5, 0.6) is 5.75 Å². The van der Waals surface area contributed by atoms with E-state index >= 15 is 0 Å². The maximum atomic E-state index is 10.7. The molecule has 0 fully saturated rings. The lowest BCUT2D eigenvalue weighted by Gasteiger charge is -2.28. The lowest BCUT2D eigenvalue weighted by molar-refractivity contribution is -0.139. The van der Waals surface area contributed by atoms with E-state index in [1.807, 2.05) is 18.2 Å². The molecule has 0 radical (unpaired) electrons. The third-order valence-electron chi connectivity index (χ3n) is 2.47. The van der Waals surface area contributed by atoms with Crippen molar-refractivity contribution in [2.24, 2.45) is 0 Å². The highest BCUT2D eigenvalue weighted by molar-refractivity contribution is 5.81. The summed E-state index contributed by atoms with van der Waals surface area (Å²) in [5.74, 6) is -0.277. The number of hydrogen-bond acceptors (Lipinski definition) is 2. The molecule has 2 rings (SSSR count). The molecule has 0 bridgehead atoms. The minimum absolute atomic E-state index is 0.329. The summed E-state index contributed by atoms with van der Waals surface area (Å²) in [5.41, 5.74) is 1.93. The Balaban J connectivity index is 2.39. The van der Waals surface area contributed by atoms with Gasteiger partial charge < -0.3 is 9.84 Å². The van der Waals surface area contributed by atoms with Crippen LogP contribution in [-0.4, -0.2) is 18.2 Å². The molecule has 1 aliphatic carbocycles. The predicted octanol–water partition coefficient (Wildman–Crippen LogP) is 1.42. The largest absolute Gasteiger partial charge is 0.496 e. The Bertz CT molecular complexity index is 357. The molecule has 1 N–H and O–H groups in total. The lowest BCUT2D eigenvalue weighted by atomic mass is 9.77. The van der Waals surface area contributed by atoms with E-state index in [-0.39, 0.29) is 5.92 Å². The van der Waals surface area contributed by atoms with Crippen molar-refractivity contribution >= 4 is 5.97 Å². The molecule has 3 nitrogen and oxygen atoms in total. The second-order valence-electron chi connectivity index (χ2n) is 3.12. The number of ether oxygens (including phenoxy) is 1. The Morgan fingerprint density at radius 1 is 1.62 bits per heavy atom. The third-order valence-corrected chi connectivity index (χ3v) is 2.47. The van der Waals surface area contributed by atoms with Gasteiger partial charge in [0.1, 0.15) is 5.75 Å². The zero-order valence-corrected chi connectivity index (χ0v) is 7.28. The monoisotopic (exact) mass is 178 g/mol. The summed E-state index contributed by atoms with van der Waals surface area (Å²) in [6, 6.07) is 5.53. The van der Waals surface area contributed by atoms with E-state index in [1.54, 1.807) is 7.11 Å². The van der Waals surface area contributed by atoms with Gasteiger partial charge in [-0.3, -0.25) is 4.79 Å². The zero-order chi connectivity index (χ0) is 9.42. The summed E-state index contributed by atoms with van der Waals surface area (Å²) in [4.78, 5) is 10.7. The molecular weight excluding hydrogens is 168 g/mol. The molecule has 3 heteroatoms. The van der Waals surface area contributed by atoms with Gasteiger partial charge >= 0.3 is 5.97 Å². The van der Waals surface area contributed by atoms with Gasteiger partial charge in [-0.05, 0) is 23.6 Å². The zero-order valence-electron chi connectivity index (χ0n) is 7.28. The second kappa shape index (κ2) is 2.76. The van der Waals surface area contributed by atoms with E-state index in [4.69, 9.17) is 9.84 Å². The van der Waals surface area contributed by atoms with Crippen LogP contribution in [0.4, 0.5) is 0 Å². The summed E-state index contributed by atoms with van der Waals surface area (Å²) in [7, 11) is 1.60. The van der Waals surface area contributed by atoms with Crippen LogP contribution >= 0.6 is 0 Å². The first-order chi connectivity index (χ1) is 6.24. The topological polar surface area (TPSA) is 46.5 Å². The average molecular weight is 178 g/mol. The second-order valence-corrected chi connectivity index (χ2v) is 3.12. The molecule has 1 unspecified atom stereocenters. The lowest BCUT2D eigenvalue weighted by Crippen LogP contribution is -2.25. The molecule has 0 amide bonds. The van der Waals surface area contributed by atoms with Crippen molar-refractivity contribution in [2.45, 2.75) is 12.3 Å². The van der Waals surface area contributed by atoms with Gasteiger partial charge in [-0.25, -0.2) is 0 Å². The molecule has 1 atom stereocenters. The van der Waals surface area contributed by atoms with E-state index in [0.29, 0.717) is 6.42 Å². The number of fused-ring (bicyclic) bond motifs is 1. The molecule has 1 aliphatic rings. The first kappa shape index (κ1) is 8.10. The predicted molar refractivity (Wildman–Crippen MR) is 47.1 cm³/mol. The van der Waals surface area contributed by atoms with Gasteiger partial charge in [-0.15, -0.1) is 0 Å². The van der Waals surface area contributed by atoms with Crippen molar-refractivity contribution in [3.63, 3.8) is 0 Å². The van der Waals surface area contributed by atoms with Gasteiger partial charge in [-0.1, -0.05) is 12.1 Å². The van der Waals surface area contributed by atoms with E-state index < -0.39 is 5.97 Å². The fourth-order valence-electron chi connectivity index (χ4n) is 1.72. The SMILES string of the molecule is COc1cccc2c1CC2C(=O)O. The van der Waals surface area contributed by atoms with Gasteiger partial charge in [0.05, 0.1) is 13.0 Å². The minimum Gasteiger partial charge on any atom is -0.496 e. The van der Waals surface area contributed by atoms with E-state index in [9.17, 15) is 4.79 Å². The number of rotatable bonds is 2. The number of carboxylic acids is 1. The first-order valence-corrected chi connectivity index (χ1v) is 4.12. The van der Waals surface area contributed by atoms with Gasteiger partial charge in [0.15, 0.2) is 0 Å². The molecule has 68 valence electrons. The van der Waals surface area contributed by atoms with Crippen molar-refractivity contribution in [1.82, 2.24) is 0 Å². The van der Waals surface area contributed by atoms with E-state index in [1.165, 1.54) is 0 Å². The molecule has 0 heterocycles. The molecule has 0 spiro atoms. The Kier molecular flexibility index (Phi) is 1.72. The molecule has 0 saturated heterocycles. The molecular formula is C10H10O3. The van der Waals surface area contributed by atoms with E-state index in [2.05, 4.69) is 0 Å². The molecule has 0 aromatic heterocycles. The standard InChI is InChI=1S/C10H10O3/c1-13-9-4-2-3-6-7(9)5-8(6)10(11)12/h2-4,8H,5H2,1H3,(H,11,12). The van der Waals surface area contributed by atoms with Crippen LogP contribution in [0, 0.1) is 0 Å². The van der Waals surface area contributed by atoms with Crippen molar-refractivity contribution < 1.29 is 14.6 Å². The van der Waals surface area contributed by atoms with Crippen LogP contribution in [0.2, 0.25) is 0 Å². The Morgan fingerprint density at radius 2 is 2.38 bits per heavy atom. The molecule has 1 aromatic rings. The van der Waals surface area contributed by atoms with Crippen LogP contribution in [0.25, 0.3) is 0 Å². The summed E-state index contributed by atoms with van der Waals surface area (Å²) < 4.78 is 5.11. The highest BCUT2D eigenvalue weighted by Gasteiger charge is 2.34. The van der Waals surface area contributed by atoms with Crippen LogP contribution in [-0.2, 0) is 11.2 Å². The van der Waals surface area contributed by atoms with Gasteiger partial charge in [0.25, 0.3) is 0 Å². The summed E-state index contributed by atoms with van der Waals surface area (Å²) >= 11 is 0. The summed E-state index contributed by atoms with van der Waals surface area (Å²) in [6.07, 6.45) is 0.592. The van der Waals surface area contributed by atoms with Crippen LogP contribution in [0.1, 0.15) is 17.0 Å². The van der Waals surface area contributed by atoms with Gasteiger partial charge in [0.2, 0.25) is 0 Å². The van der Waals surface area contributed by atoms with Crippen molar-refractivity contribution in [1.29, 1.82) is 0 Å². The van der Waals surface area contributed by atoms with Crippen molar-refractivity contribution in [3.8, 4) is 5.75 Å². The minimum atomic E-state index is -0.749. The fraction of sp³-hybridized carbons (Fsp3) is 0.300. The molecule has 1 aromatic carbocycles. The fourth-order valence-corrected chi connectivity index (χ4v) is 1.72. The third kappa shape index (κ3) is 1.08. The number of aliphatic carboxylic acids is 1. The molecule has 0 saturated carbocycles. The van der Waals surface area contributed by atoms with Crippen LogP contribution in [0.15, 0.2) is 18.2 Å². The summed E-state index contributed by atoms with van der Waals surface area (Å²) in [6.45, 7) is 0. The highest BCUT2D eigenvalue weighted by atomic mass is 16.5.